The van der Waals surface area contributed by atoms with Gasteiger partial charge in [-0.3, -0.25) is 4.90 Å². The van der Waals surface area contributed by atoms with Crippen molar-refractivity contribution >= 4 is 11.5 Å². The summed E-state index contributed by atoms with van der Waals surface area (Å²) in [5, 5.41) is 3.37. The van der Waals surface area contributed by atoms with E-state index in [4.69, 9.17) is 4.74 Å². The molecule has 0 aliphatic carbocycles. The Labute approximate surface area is 143 Å². The number of nitrogens with zero attached hydrogens (tertiary/aromatic N) is 3. The van der Waals surface area contributed by atoms with E-state index >= 15 is 0 Å². The van der Waals surface area contributed by atoms with Gasteiger partial charge in [0.2, 0.25) is 0 Å². The number of ether oxygens (including phenoxy) is 1. The van der Waals surface area contributed by atoms with Crippen LogP contribution in [0.1, 0.15) is 0 Å². The zero-order valence-corrected chi connectivity index (χ0v) is 14.1. The lowest BCUT2D eigenvalue weighted by Gasteiger charge is -2.36. The number of pyridine rings is 1. The van der Waals surface area contributed by atoms with Gasteiger partial charge in [0.05, 0.1) is 12.8 Å². The first kappa shape index (κ1) is 18.0. The summed E-state index contributed by atoms with van der Waals surface area (Å²) in [6.45, 7) is 6.17. The van der Waals surface area contributed by atoms with Crippen LogP contribution < -0.4 is 15.0 Å². The van der Waals surface area contributed by atoms with Gasteiger partial charge in [0.25, 0.3) is 0 Å². The molecule has 1 aliphatic heterocycles. The Morgan fingerprint density at radius 3 is 2.50 bits per heavy atom. The average Bonchev–Trinajstić information content (AvgIpc) is 2.63. The van der Waals surface area contributed by atoms with E-state index in [1.807, 2.05) is 36.5 Å². The van der Waals surface area contributed by atoms with Crippen LogP contribution in [0.2, 0.25) is 0 Å². The van der Waals surface area contributed by atoms with Gasteiger partial charge >= 0.3 is 0 Å². The van der Waals surface area contributed by atoms with Crippen LogP contribution >= 0.6 is 0 Å². The Hall–Kier alpha value is -2.31. The van der Waals surface area contributed by atoms with Gasteiger partial charge in [-0.15, -0.1) is 0 Å². The zero-order chi connectivity index (χ0) is 15.9. The molecule has 2 heterocycles. The fraction of sp³-hybridized carbons (Fsp3) is 0.389. The minimum absolute atomic E-state index is 0. The number of methoxy groups -OCH3 is 1. The quantitative estimate of drug-likeness (QED) is 0.869. The predicted octanol–water partition coefficient (Wildman–Crippen LogP) is 1.50. The second-order valence-electron chi connectivity index (χ2n) is 5.64. The first-order chi connectivity index (χ1) is 11.4. The number of anilines is 2. The molecule has 0 spiro atoms. The Morgan fingerprint density at radius 1 is 1.04 bits per heavy atom. The largest absolute Gasteiger partial charge is 0.495 e. The number of piperazine rings is 1. The number of rotatable bonds is 6. The molecule has 1 aliphatic rings. The van der Waals surface area contributed by atoms with Crippen LogP contribution in [-0.4, -0.2) is 61.7 Å². The maximum atomic E-state index is 5.47. The fourth-order valence-corrected chi connectivity index (χ4v) is 2.91. The smallest absolute Gasteiger partial charge is 0.142 e. The van der Waals surface area contributed by atoms with Crippen molar-refractivity contribution in [2.24, 2.45) is 0 Å². The molecule has 0 saturated carbocycles. The van der Waals surface area contributed by atoms with Crippen LogP contribution in [0, 0.1) is 0 Å². The third kappa shape index (κ3) is 4.59. The Balaban J connectivity index is 0.00000208. The van der Waals surface area contributed by atoms with Gasteiger partial charge in [-0.2, -0.15) is 0 Å². The van der Waals surface area contributed by atoms with E-state index in [1.165, 1.54) is 5.69 Å². The molecule has 1 aromatic heterocycles. The van der Waals surface area contributed by atoms with Crippen molar-refractivity contribution in [2.75, 3.05) is 56.6 Å². The normalized spacial score (nSPS) is 14.8. The van der Waals surface area contributed by atoms with E-state index in [9.17, 15) is 0 Å². The lowest BCUT2D eigenvalue weighted by molar-refractivity contribution is 0.266. The SMILES string of the molecule is COc1ccccc1N1CCN(CCNc2ccccn2)CC1.O. The van der Waals surface area contributed by atoms with Gasteiger partial charge < -0.3 is 20.4 Å². The van der Waals surface area contributed by atoms with Crippen LogP contribution in [0.5, 0.6) is 5.75 Å². The molecular formula is C18H26N4O2. The third-order valence-corrected chi connectivity index (χ3v) is 4.20. The number of nitrogens with one attached hydrogen (secondary N) is 1. The van der Waals surface area contributed by atoms with E-state index in [2.05, 4.69) is 32.2 Å². The highest BCUT2D eigenvalue weighted by Gasteiger charge is 2.18. The van der Waals surface area contributed by atoms with E-state index in [1.54, 1.807) is 7.11 Å². The molecule has 24 heavy (non-hydrogen) atoms. The minimum Gasteiger partial charge on any atom is -0.495 e. The summed E-state index contributed by atoms with van der Waals surface area (Å²) < 4.78 is 5.47. The van der Waals surface area contributed by atoms with E-state index in [-0.39, 0.29) is 5.48 Å². The summed E-state index contributed by atoms with van der Waals surface area (Å²) in [6.07, 6.45) is 1.81. The summed E-state index contributed by atoms with van der Waals surface area (Å²) in [7, 11) is 1.73. The number of aromatic nitrogens is 1. The summed E-state index contributed by atoms with van der Waals surface area (Å²) in [5.41, 5.74) is 1.20. The van der Waals surface area contributed by atoms with Crippen LogP contribution in [-0.2, 0) is 0 Å². The summed E-state index contributed by atoms with van der Waals surface area (Å²) in [6, 6.07) is 14.2. The van der Waals surface area contributed by atoms with Crippen LogP contribution in [0.25, 0.3) is 0 Å². The number of para-hydroxylation sites is 2. The molecule has 1 fully saturated rings. The lowest BCUT2D eigenvalue weighted by Crippen LogP contribution is -2.47. The predicted molar refractivity (Wildman–Crippen MR) is 98.0 cm³/mol. The fourth-order valence-electron chi connectivity index (χ4n) is 2.91. The highest BCUT2D eigenvalue weighted by atomic mass is 16.5. The molecular weight excluding hydrogens is 304 g/mol. The van der Waals surface area contributed by atoms with Crippen molar-refractivity contribution in [3.63, 3.8) is 0 Å². The lowest BCUT2D eigenvalue weighted by atomic mass is 10.2. The number of hydrogen-bond donors (Lipinski definition) is 1. The van der Waals surface area contributed by atoms with E-state index < -0.39 is 0 Å². The molecule has 6 nitrogen and oxygen atoms in total. The van der Waals surface area contributed by atoms with Crippen LogP contribution in [0.3, 0.4) is 0 Å². The molecule has 0 unspecified atom stereocenters. The topological polar surface area (TPSA) is 72.1 Å². The second kappa shape index (κ2) is 9.10. The molecule has 130 valence electrons. The molecule has 1 saturated heterocycles. The second-order valence-corrected chi connectivity index (χ2v) is 5.64. The van der Waals surface area contributed by atoms with Crippen molar-refractivity contribution in [1.82, 2.24) is 9.88 Å². The summed E-state index contributed by atoms with van der Waals surface area (Å²) in [4.78, 5) is 9.17. The van der Waals surface area contributed by atoms with Crippen molar-refractivity contribution in [1.29, 1.82) is 0 Å². The Morgan fingerprint density at radius 2 is 1.79 bits per heavy atom. The third-order valence-electron chi connectivity index (χ3n) is 4.20. The first-order valence-electron chi connectivity index (χ1n) is 8.12. The van der Waals surface area contributed by atoms with Gasteiger partial charge in [0.1, 0.15) is 11.6 Å². The number of benzene rings is 1. The maximum absolute atomic E-state index is 5.47. The Kier molecular flexibility index (Phi) is 6.84. The van der Waals surface area contributed by atoms with Crippen LogP contribution in [0.4, 0.5) is 11.5 Å². The minimum atomic E-state index is 0. The molecule has 0 bridgehead atoms. The van der Waals surface area contributed by atoms with Gasteiger partial charge in [-0.05, 0) is 24.3 Å². The van der Waals surface area contributed by atoms with Crippen LogP contribution in [0.15, 0.2) is 48.7 Å². The molecule has 3 N–H and O–H groups in total. The number of hydrogen-bond acceptors (Lipinski definition) is 5. The highest BCUT2D eigenvalue weighted by molar-refractivity contribution is 5.58. The molecule has 1 aromatic carbocycles. The van der Waals surface area contributed by atoms with E-state index in [0.717, 1.165) is 50.8 Å². The first-order valence-corrected chi connectivity index (χ1v) is 8.12. The molecule has 6 heteroatoms. The molecule has 0 radical (unpaired) electrons. The molecule has 0 atom stereocenters. The molecule has 3 rings (SSSR count). The van der Waals surface area contributed by atoms with Gasteiger partial charge in [0.15, 0.2) is 0 Å². The summed E-state index contributed by atoms with van der Waals surface area (Å²) in [5.74, 6) is 1.90. The summed E-state index contributed by atoms with van der Waals surface area (Å²) >= 11 is 0. The van der Waals surface area contributed by atoms with Crippen molar-refractivity contribution in [2.45, 2.75) is 0 Å². The molecule has 2 aromatic rings. The van der Waals surface area contributed by atoms with Crippen molar-refractivity contribution in [3.8, 4) is 5.75 Å². The van der Waals surface area contributed by atoms with Crippen molar-refractivity contribution in [3.05, 3.63) is 48.7 Å². The monoisotopic (exact) mass is 330 g/mol. The van der Waals surface area contributed by atoms with E-state index in [0.29, 0.717) is 0 Å². The van der Waals surface area contributed by atoms with Crippen molar-refractivity contribution < 1.29 is 10.2 Å². The van der Waals surface area contributed by atoms with Gasteiger partial charge in [-0.1, -0.05) is 18.2 Å². The standard InChI is InChI=1S/C18H24N4O.H2O/c1-23-17-7-3-2-6-16(17)22-14-12-21(13-15-22)11-10-20-18-8-4-5-9-19-18;/h2-9H,10-15H2,1H3,(H,19,20);1H2. The zero-order valence-electron chi connectivity index (χ0n) is 14.1. The highest BCUT2D eigenvalue weighted by Crippen LogP contribution is 2.28. The maximum Gasteiger partial charge on any atom is 0.142 e. The Bertz CT molecular complexity index is 601. The van der Waals surface area contributed by atoms with Gasteiger partial charge in [0, 0.05) is 45.5 Å². The molecule has 0 amide bonds. The average molecular weight is 330 g/mol. The van der Waals surface area contributed by atoms with Gasteiger partial charge in [-0.25, -0.2) is 4.98 Å².